The molecule has 0 spiro atoms. The first-order valence-corrected chi connectivity index (χ1v) is 5.93. The summed E-state index contributed by atoms with van der Waals surface area (Å²) in [6, 6.07) is 4.81. The summed E-state index contributed by atoms with van der Waals surface area (Å²) in [6.45, 7) is 1.42. The van der Waals surface area contributed by atoms with Crippen LogP contribution in [0.3, 0.4) is 0 Å². The van der Waals surface area contributed by atoms with Gasteiger partial charge in [-0.15, -0.1) is 12.4 Å². The molecule has 0 radical (unpaired) electrons. The molecule has 0 bridgehead atoms. The lowest BCUT2D eigenvalue weighted by Gasteiger charge is -2.08. The smallest absolute Gasteiger partial charge is 0.335 e. The summed E-state index contributed by atoms with van der Waals surface area (Å²) >= 11 is 0. The second kappa shape index (κ2) is 7.62. The molecule has 2 N–H and O–H groups in total. The predicted octanol–water partition coefficient (Wildman–Crippen LogP) is 2.20. The van der Waals surface area contributed by atoms with E-state index in [-0.39, 0.29) is 18.0 Å². The van der Waals surface area contributed by atoms with Gasteiger partial charge < -0.3 is 15.2 Å². The summed E-state index contributed by atoms with van der Waals surface area (Å²) in [6.07, 6.45) is 2.29. The number of anilines is 1. The molecular formula is C13H16ClN3O3. The number of ether oxygens (including phenoxy) is 1. The van der Waals surface area contributed by atoms with Gasteiger partial charge in [-0.05, 0) is 24.6 Å². The van der Waals surface area contributed by atoms with Crippen LogP contribution in [0.5, 0.6) is 0 Å². The molecule has 1 aromatic carbocycles. The van der Waals surface area contributed by atoms with Gasteiger partial charge in [0.25, 0.3) is 0 Å². The number of nitrogens with zero attached hydrogens (tertiary/aromatic N) is 2. The minimum absolute atomic E-state index is 0. The van der Waals surface area contributed by atoms with Gasteiger partial charge in [0.2, 0.25) is 0 Å². The second-order valence-electron chi connectivity index (χ2n) is 4.03. The molecule has 0 aliphatic rings. The molecule has 0 unspecified atom stereocenters. The number of benzene rings is 1. The molecule has 1 aromatic heterocycles. The summed E-state index contributed by atoms with van der Waals surface area (Å²) in [5.74, 6) is -0.256. The Morgan fingerprint density at radius 3 is 2.90 bits per heavy atom. The highest BCUT2D eigenvalue weighted by Gasteiger charge is 2.07. The molecule has 0 aliphatic carbocycles. The number of nitrogens with one attached hydrogen (secondary N) is 1. The Bertz CT molecular complexity index is 592. The number of aromatic nitrogens is 2. The predicted molar refractivity (Wildman–Crippen MR) is 78.7 cm³/mol. The third-order valence-corrected chi connectivity index (χ3v) is 2.70. The number of methoxy groups -OCH3 is 1. The number of fused-ring (bicyclic) bond motifs is 1. The average Bonchev–Trinajstić information content (AvgIpc) is 2.43. The van der Waals surface area contributed by atoms with Crippen molar-refractivity contribution in [2.24, 2.45) is 0 Å². The maximum atomic E-state index is 10.9. The van der Waals surface area contributed by atoms with E-state index in [9.17, 15) is 4.79 Å². The summed E-state index contributed by atoms with van der Waals surface area (Å²) in [5.41, 5.74) is 0.834. The van der Waals surface area contributed by atoms with Crippen molar-refractivity contribution in [3.05, 3.63) is 30.1 Å². The van der Waals surface area contributed by atoms with Crippen LogP contribution in [0.1, 0.15) is 16.8 Å². The van der Waals surface area contributed by atoms with Crippen LogP contribution >= 0.6 is 12.4 Å². The molecule has 0 fully saturated rings. The Kier molecular flexibility index (Phi) is 6.14. The summed E-state index contributed by atoms with van der Waals surface area (Å²) in [5, 5.41) is 12.9. The fourth-order valence-electron chi connectivity index (χ4n) is 1.75. The first-order valence-electron chi connectivity index (χ1n) is 5.93. The number of carbonyl (C=O) groups is 1. The quantitative estimate of drug-likeness (QED) is 0.795. The maximum absolute atomic E-state index is 10.9. The van der Waals surface area contributed by atoms with Crippen LogP contribution in [0.4, 0.5) is 5.82 Å². The topological polar surface area (TPSA) is 84.3 Å². The number of carboxylic acids is 1. The zero-order valence-electron chi connectivity index (χ0n) is 11.0. The van der Waals surface area contributed by atoms with Crippen LogP contribution in [0.2, 0.25) is 0 Å². The van der Waals surface area contributed by atoms with E-state index in [1.807, 2.05) is 0 Å². The van der Waals surface area contributed by atoms with Gasteiger partial charge in [-0.1, -0.05) is 0 Å². The monoisotopic (exact) mass is 297 g/mol. The van der Waals surface area contributed by atoms with E-state index >= 15 is 0 Å². The van der Waals surface area contributed by atoms with Gasteiger partial charge in [0, 0.05) is 25.6 Å². The van der Waals surface area contributed by atoms with E-state index in [0.29, 0.717) is 17.9 Å². The fraction of sp³-hybridized carbons (Fsp3) is 0.308. The first kappa shape index (κ1) is 16.1. The SMILES string of the molecule is COCCCNc1ncnc2cc(C(=O)O)ccc12.Cl. The van der Waals surface area contributed by atoms with Gasteiger partial charge in [0.1, 0.15) is 12.1 Å². The third kappa shape index (κ3) is 3.79. The van der Waals surface area contributed by atoms with E-state index in [0.717, 1.165) is 18.4 Å². The van der Waals surface area contributed by atoms with Crippen molar-refractivity contribution in [2.45, 2.75) is 6.42 Å². The van der Waals surface area contributed by atoms with Gasteiger partial charge in [0.15, 0.2) is 0 Å². The van der Waals surface area contributed by atoms with Crippen molar-refractivity contribution in [3.63, 3.8) is 0 Å². The highest BCUT2D eigenvalue weighted by atomic mass is 35.5. The molecule has 0 amide bonds. The van der Waals surface area contributed by atoms with E-state index in [2.05, 4.69) is 15.3 Å². The Morgan fingerprint density at radius 2 is 2.20 bits per heavy atom. The highest BCUT2D eigenvalue weighted by Crippen LogP contribution is 2.20. The van der Waals surface area contributed by atoms with Crippen molar-refractivity contribution in [1.82, 2.24) is 9.97 Å². The molecule has 0 aliphatic heterocycles. The molecule has 2 aromatic rings. The summed E-state index contributed by atoms with van der Waals surface area (Å²) in [7, 11) is 1.66. The number of halogens is 1. The molecule has 2 rings (SSSR count). The fourth-order valence-corrected chi connectivity index (χ4v) is 1.75. The number of hydrogen-bond acceptors (Lipinski definition) is 5. The number of carboxylic acid groups (broad SMARTS) is 1. The van der Waals surface area contributed by atoms with Crippen molar-refractivity contribution in [1.29, 1.82) is 0 Å². The Balaban J connectivity index is 0.00000200. The lowest BCUT2D eigenvalue weighted by Crippen LogP contribution is -2.07. The van der Waals surface area contributed by atoms with Crippen LogP contribution in [0.15, 0.2) is 24.5 Å². The summed E-state index contributed by atoms with van der Waals surface area (Å²) in [4.78, 5) is 19.2. The number of rotatable bonds is 6. The minimum atomic E-state index is -0.963. The van der Waals surface area contributed by atoms with Crippen LogP contribution in [0, 0.1) is 0 Å². The highest BCUT2D eigenvalue weighted by molar-refractivity contribution is 5.96. The largest absolute Gasteiger partial charge is 0.478 e. The minimum Gasteiger partial charge on any atom is -0.478 e. The van der Waals surface area contributed by atoms with E-state index in [1.54, 1.807) is 25.3 Å². The van der Waals surface area contributed by atoms with Crippen LogP contribution in [-0.4, -0.2) is 41.3 Å². The lowest BCUT2D eigenvalue weighted by atomic mass is 10.1. The molecule has 6 nitrogen and oxygen atoms in total. The van der Waals surface area contributed by atoms with E-state index < -0.39 is 5.97 Å². The van der Waals surface area contributed by atoms with Crippen LogP contribution in [-0.2, 0) is 4.74 Å². The van der Waals surface area contributed by atoms with E-state index in [1.165, 1.54) is 6.33 Å². The Labute approximate surface area is 122 Å². The molecule has 0 atom stereocenters. The second-order valence-corrected chi connectivity index (χ2v) is 4.03. The van der Waals surface area contributed by atoms with Gasteiger partial charge in [0.05, 0.1) is 11.1 Å². The molecule has 0 saturated carbocycles. The van der Waals surface area contributed by atoms with Gasteiger partial charge in [-0.2, -0.15) is 0 Å². The molecular weight excluding hydrogens is 282 g/mol. The van der Waals surface area contributed by atoms with Crippen molar-refractivity contribution in [3.8, 4) is 0 Å². The lowest BCUT2D eigenvalue weighted by molar-refractivity contribution is 0.0697. The summed E-state index contributed by atoms with van der Waals surface area (Å²) < 4.78 is 4.97. The Morgan fingerprint density at radius 1 is 1.40 bits per heavy atom. The zero-order valence-corrected chi connectivity index (χ0v) is 11.8. The van der Waals surface area contributed by atoms with Crippen molar-refractivity contribution >= 4 is 35.1 Å². The van der Waals surface area contributed by atoms with Gasteiger partial charge in [-0.3, -0.25) is 0 Å². The van der Waals surface area contributed by atoms with Crippen LogP contribution < -0.4 is 5.32 Å². The third-order valence-electron chi connectivity index (χ3n) is 2.70. The first-order chi connectivity index (χ1) is 9.22. The molecule has 1 heterocycles. The molecule has 0 saturated heterocycles. The molecule has 7 heteroatoms. The van der Waals surface area contributed by atoms with Gasteiger partial charge in [-0.25, -0.2) is 14.8 Å². The number of aromatic carboxylic acids is 1. The molecule has 108 valence electrons. The Hall–Kier alpha value is -1.92. The average molecular weight is 298 g/mol. The van der Waals surface area contributed by atoms with Crippen molar-refractivity contribution < 1.29 is 14.6 Å². The molecule has 20 heavy (non-hydrogen) atoms. The number of hydrogen-bond donors (Lipinski definition) is 2. The van der Waals surface area contributed by atoms with Gasteiger partial charge >= 0.3 is 5.97 Å². The van der Waals surface area contributed by atoms with Crippen molar-refractivity contribution in [2.75, 3.05) is 25.6 Å². The zero-order chi connectivity index (χ0) is 13.7. The normalized spacial score (nSPS) is 10.1. The standard InChI is InChI=1S/C13H15N3O3.ClH/c1-19-6-2-5-14-12-10-4-3-9(13(17)18)7-11(10)15-8-16-12;/h3-4,7-8H,2,5-6H2,1H3,(H,17,18)(H,14,15,16);1H. The maximum Gasteiger partial charge on any atom is 0.335 e. The van der Waals surface area contributed by atoms with Crippen LogP contribution in [0.25, 0.3) is 10.9 Å². The van der Waals surface area contributed by atoms with E-state index in [4.69, 9.17) is 9.84 Å².